The van der Waals surface area contributed by atoms with E-state index in [-0.39, 0.29) is 80.4 Å². The topological polar surface area (TPSA) is 140 Å². The van der Waals surface area contributed by atoms with Crippen molar-refractivity contribution in [3.8, 4) is 157 Å². The number of rotatable bonds is 17. The van der Waals surface area contributed by atoms with Crippen LogP contribution in [-0.2, 0) is 80.4 Å². The van der Waals surface area contributed by atoms with Gasteiger partial charge in [0.15, 0.2) is 0 Å². The second-order valence-electron chi connectivity index (χ2n) is 31.9. The van der Waals surface area contributed by atoms with E-state index in [2.05, 4.69) is 293 Å². The Bertz CT molecular complexity index is 7420. The van der Waals surface area contributed by atoms with E-state index in [4.69, 9.17) is 36.5 Å². The molecule has 0 atom stereocenters. The summed E-state index contributed by atoms with van der Waals surface area (Å²) in [7, 11) is -1.94. The molecule has 21 heteroatoms. The van der Waals surface area contributed by atoms with Gasteiger partial charge in [-0.3, -0.25) is 19.4 Å². The maximum absolute atomic E-state index is 7.63. The first-order valence-electron chi connectivity index (χ1n) is 42.5. The van der Waals surface area contributed by atoms with Crippen molar-refractivity contribution in [1.29, 1.82) is 0 Å². The summed E-state index contributed by atoms with van der Waals surface area (Å²) >= 11 is 0. The third kappa shape index (κ3) is 21.6. The molecule has 0 aliphatic rings. The van der Waals surface area contributed by atoms with Crippen molar-refractivity contribution in [2.75, 3.05) is 0 Å². The van der Waals surface area contributed by atoms with Crippen LogP contribution in [0.25, 0.3) is 177 Å². The zero-order valence-corrected chi connectivity index (χ0v) is 84.5. The van der Waals surface area contributed by atoms with Crippen molar-refractivity contribution >= 4 is 36.3 Å². The molecule has 0 bridgehead atoms. The summed E-state index contributed by atoms with van der Waals surface area (Å²) in [6.07, 6.45) is 5.19. The Morgan fingerprint density at radius 1 is 0.267 bits per heavy atom. The van der Waals surface area contributed by atoms with Crippen LogP contribution in [0.1, 0.15) is 16.7 Å². The summed E-state index contributed by atoms with van der Waals surface area (Å²) in [5.74, 6) is 2.65. The minimum atomic E-state index is -1.94. The molecular weight excluding hydrogens is 2390 g/mol. The van der Waals surface area contributed by atoms with Gasteiger partial charge in [0.05, 0.1) is 72.3 Å². The van der Waals surface area contributed by atoms with Gasteiger partial charge in [-0.1, -0.05) is 331 Å². The van der Waals surface area contributed by atoms with Gasteiger partial charge < -0.3 is 18.3 Å². The maximum atomic E-state index is 7.63. The number of nitrogens with zero attached hydrogens (tertiary/aromatic N) is 16. The summed E-state index contributed by atoms with van der Waals surface area (Å²) < 4.78 is 8.22. The molecule has 0 unspecified atom stereocenters. The average Bonchev–Trinajstić information content (AvgIpc) is 1.71. The zero-order valence-electron chi connectivity index (χ0n) is 73.9. The van der Waals surface area contributed by atoms with E-state index >= 15 is 0 Å². The van der Waals surface area contributed by atoms with Gasteiger partial charge in [0.1, 0.15) is 55.3 Å². The summed E-state index contributed by atoms with van der Waals surface area (Å²) in [6, 6.07) is 137. The molecule has 0 aliphatic carbocycles. The van der Waals surface area contributed by atoms with Crippen LogP contribution in [0.2, 0.25) is 19.6 Å². The number of aryl methyl sites for hydroxylation is 3. The van der Waals surface area contributed by atoms with E-state index < -0.39 is 8.07 Å². The van der Waals surface area contributed by atoms with Gasteiger partial charge in [-0.05, 0) is 69.1 Å². The Morgan fingerprint density at radius 2 is 0.533 bits per heavy atom. The van der Waals surface area contributed by atoms with Crippen molar-refractivity contribution in [3.05, 3.63) is 476 Å². The Kier molecular flexibility index (Phi) is 32.7. The molecule has 0 N–H and O–H groups in total. The third-order valence-corrected chi connectivity index (χ3v) is 23.9. The van der Waals surface area contributed by atoms with Crippen LogP contribution < -0.4 is 5.45 Å². The molecule has 4 heterocycles. The van der Waals surface area contributed by atoms with Gasteiger partial charge in [-0.2, -0.15) is 49.8 Å². The molecule has 16 nitrogen and oxygen atoms in total. The Balaban J connectivity index is 0.000000151. The van der Waals surface area contributed by atoms with Crippen LogP contribution in [0.3, 0.4) is 0 Å². The van der Waals surface area contributed by atoms with Gasteiger partial charge >= 0.3 is 0 Å². The smallest absolute Gasteiger partial charge is 0.125 e. The molecule has 4 aromatic heterocycles. The van der Waals surface area contributed by atoms with Gasteiger partial charge in [0, 0.05) is 125 Å². The minimum Gasteiger partial charge on any atom is -0.323 e. The summed E-state index contributed by atoms with van der Waals surface area (Å²) in [5, 5.41) is 35.4. The predicted octanol–water partition coefficient (Wildman–Crippen LogP) is 27.9. The van der Waals surface area contributed by atoms with Crippen LogP contribution in [0.15, 0.2) is 389 Å². The average molecular weight is 2470 g/mol. The van der Waals surface area contributed by atoms with Crippen LogP contribution in [0.4, 0.5) is 22.7 Å². The van der Waals surface area contributed by atoms with E-state index in [9.17, 15) is 0 Å². The Labute approximate surface area is 841 Å². The number of hydrogen-bond donors (Lipinski definition) is 0. The summed E-state index contributed by atoms with van der Waals surface area (Å²) in [4.78, 5) is 14.5. The molecule has 0 saturated heterocycles. The molecule has 0 saturated carbocycles. The van der Waals surface area contributed by atoms with Crippen molar-refractivity contribution in [2.24, 2.45) is 0 Å². The van der Waals surface area contributed by atoms with E-state index in [1.54, 1.807) is 55.4 Å². The standard InChI is InChI=1S/C31H27N4Si.2C28H19N4.C27H17N4.4Ir/c1-22-19-20-25(21-28(22)32-2)30-33-34-31(36(3,4)5)35(30)29-26(23-13-8-6-9-14-23)17-12-18-27(29)24-15-10-7-11-16-24;1-20-16-25(21-10-5-3-6-11-21)27(26(17-20)22-12-7-4-8-13-22)32-19-30-31-28(32)23-14-9-15-24(18-23)29-2;1-20-16-17-23(18-26(20)29-2)28-31-30-19-32(28)27-24(21-10-5-3-6-11-21)14-9-15-25(27)22-12-7-4-8-13-22;1-28-23-15-8-14-22(18-23)27-30-29-19-31(27)26-24(20-10-4-2-5-11-20)16-9-17-25(26)21-12-6-3-7-13-21;;;;/h6-19,21H,1,3-5H3;3-13,15-19H,1H3;3-16,18-19H,1H3;2-13,15-19H;;;;/q4*-1;;;;. The minimum absolute atomic E-state index is 0. The maximum Gasteiger partial charge on any atom is 0.125 e. The monoisotopic (exact) mass is 2470 g/mol. The van der Waals surface area contributed by atoms with Crippen molar-refractivity contribution in [3.63, 3.8) is 0 Å². The molecule has 0 fully saturated rings. The molecule has 4 radical (unpaired) electrons. The SMILES string of the molecule is [C-]#[N+]c1cc(-c2nnc([Si](C)(C)C)n2-c2c(-c3ccccc3)cccc2-c2ccccc2)[c-]cc1C.[C-]#[N+]c1cc(-c2nncn2-c2c(-c3ccccc3)cccc2-c2ccccc2)[c-]cc1C.[C-]#[N+]c1cc[c-]c(-c2nncn2-c2c(-c3ccccc3)cc(C)cc2-c2ccccc2)c1.[C-]#[N+]c1cc[c-]c(-c2nncn2-c2c(-c3ccccc3)cccc2-c2ccccc2)c1.[Ir].[Ir].[Ir].[Ir]. The fraction of sp³-hybridized carbons (Fsp3) is 0.0526. The molecule has 16 aromatic carbocycles. The zero-order chi connectivity index (χ0) is 90.2. The molecule has 0 aliphatic heterocycles. The molecule has 0 amide bonds. The van der Waals surface area contributed by atoms with Gasteiger partial charge in [-0.15, -0.1) is 109 Å². The van der Waals surface area contributed by atoms with Gasteiger partial charge in [0.2, 0.25) is 0 Å². The summed E-state index contributed by atoms with van der Waals surface area (Å²) in [5.41, 5.74) is 30.8. The van der Waals surface area contributed by atoms with Crippen molar-refractivity contribution in [1.82, 2.24) is 59.1 Å². The second kappa shape index (κ2) is 45.3. The Morgan fingerprint density at radius 3 is 0.815 bits per heavy atom. The predicted molar refractivity (Wildman–Crippen MR) is 528 cm³/mol. The largest absolute Gasteiger partial charge is 0.323 e. The first kappa shape index (κ1) is 97.4. The van der Waals surface area contributed by atoms with E-state index in [0.29, 0.717) is 46.0 Å². The van der Waals surface area contributed by atoms with Crippen molar-refractivity contribution in [2.45, 2.75) is 40.4 Å². The molecule has 135 heavy (non-hydrogen) atoms. The Hall–Kier alpha value is -15.1. The number of hydrogen-bond acceptors (Lipinski definition) is 8. The van der Waals surface area contributed by atoms with E-state index in [0.717, 1.165) is 151 Å². The van der Waals surface area contributed by atoms with Crippen molar-refractivity contribution < 1.29 is 80.4 Å². The fourth-order valence-electron chi connectivity index (χ4n) is 16.0. The fourth-order valence-corrected chi connectivity index (χ4v) is 17.3. The number of benzene rings is 16. The van der Waals surface area contributed by atoms with E-state index in [1.807, 2.05) is 173 Å². The van der Waals surface area contributed by atoms with Gasteiger partial charge in [-0.25, -0.2) is 0 Å². The van der Waals surface area contributed by atoms with Crippen LogP contribution in [-0.4, -0.2) is 67.1 Å². The molecule has 20 aromatic rings. The summed E-state index contributed by atoms with van der Waals surface area (Å²) in [6.45, 7) is 42.7. The molecule has 0 spiro atoms. The van der Waals surface area contributed by atoms with Crippen LogP contribution >= 0.6 is 0 Å². The van der Waals surface area contributed by atoms with Crippen LogP contribution in [0.5, 0.6) is 0 Å². The number of para-hydroxylation sites is 3. The first-order chi connectivity index (χ1) is 64.2. The molecular formula is C114H82Ir4N16Si-4. The third-order valence-electron chi connectivity index (χ3n) is 22.3. The molecule has 662 valence electrons. The number of aromatic nitrogens is 12. The quantitative estimate of drug-likeness (QED) is 0.0648. The first-order valence-corrected chi connectivity index (χ1v) is 46.0. The van der Waals surface area contributed by atoms with Crippen LogP contribution in [0, 0.1) is 71.3 Å². The second-order valence-corrected chi connectivity index (χ2v) is 36.9. The van der Waals surface area contributed by atoms with E-state index in [1.165, 1.54) is 5.56 Å². The molecule has 20 rings (SSSR count). The van der Waals surface area contributed by atoms with Gasteiger partial charge in [0.25, 0.3) is 0 Å². The normalized spacial score (nSPS) is 10.5.